The van der Waals surface area contributed by atoms with E-state index >= 15 is 0 Å². The molecule has 1 saturated carbocycles. The van der Waals surface area contributed by atoms with Crippen LogP contribution >= 0.6 is 0 Å². The van der Waals surface area contributed by atoms with Crippen LogP contribution < -0.4 is 5.73 Å². The first-order valence-corrected chi connectivity index (χ1v) is 7.03. The molecule has 1 aromatic carbocycles. The molecule has 0 heterocycles. The summed E-state index contributed by atoms with van der Waals surface area (Å²) in [6.45, 7) is 3.94. The Labute approximate surface area is 110 Å². The molecule has 1 aliphatic rings. The number of hydrogen-bond acceptors (Lipinski definition) is 1. The Bertz CT molecular complexity index is 400. The average molecular weight is 249 g/mol. The first kappa shape index (κ1) is 13.5. The summed E-state index contributed by atoms with van der Waals surface area (Å²) in [6.07, 6.45) is 6.77. The smallest absolute Gasteiger partial charge is 0.126 e. The molecular formula is C16H24FN. The zero-order valence-corrected chi connectivity index (χ0v) is 11.5. The van der Waals surface area contributed by atoms with Gasteiger partial charge in [-0.3, -0.25) is 0 Å². The quantitative estimate of drug-likeness (QED) is 0.855. The third kappa shape index (κ3) is 3.55. The molecule has 0 unspecified atom stereocenters. The fourth-order valence-corrected chi connectivity index (χ4v) is 2.95. The lowest BCUT2D eigenvalue weighted by molar-refractivity contribution is 0.429. The molecule has 1 aliphatic carbocycles. The number of hydrogen-bond donors (Lipinski definition) is 1. The maximum Gasteiger partial charge on any atom is 0.126 e. The van der Waals surface area contributed by atoms with E-state index < -0.39 is 0 Å². The molecule has 1 aromatic rings. The summed E-state index contributed by atoms with van der Waals surface area (Å²) < 4.78 is 14.2. The van der Waals surface area contributed by atoms with Gasteiger partial charge in [0.2, 0.25) is 0 Å². The van der Waals surface area contributed by atoms with Crippen molar-refractivity contribution in [2.24, 2.45) is 5.73 Å². The maximum absolute atomic E-state index is 14.2. The van der Waals surface area contributed by atoms with Crippen LogP contribution in [0, 0.1) is 5.82 Å². The normalized spacial score (nSPS) is 18.0. The number of nitrogens with two attached hydrogens (primary N) is 1. The Morgan fingerprint density at radius 2 is 1.89 bits per heavy atom. The van der Waals surface area contributed by atoms with E-state index in [4.69, 9.17) is 5.73 Å². The standard InChI is InChI=1S/C16H24FN/c1-16(2,18)11-12-8-9-14(15(17)10-12)13-6-4-3-5-7-13/h8-10,13H,3-7,11,18H2,1-2H3. The van der Waals surface area contributed by atoms with Crippen molar-refractivity contribution in [2.45, 2.75) is 63.8 Å². The van der Waals surface area contributed by atoms with Crippen molar-refractivity contribution in [2.75, 3.05) is 0 Å². The Morgan fingerprint density at radius 1 is 1.22 bits per heavy atom. The highest BCUT2D eigenvalue weighted by Gasteiger charge is 2.20. The van der Waals surface area contributed by atoms with Crippen molar-refractivity contribution in [3.63, 3.8) is 0 Å². The van der Waals surface area contributed by atoms with Crippen molar-refractivity contribution in [3.05, 3.63) is 35.1 Å². The highest BCUT2D eigenvalue weighted by Crippen LogP contribution is 2.34. The summed E-state index contributed by atoms with van der Waals surface area (Å²) in [4.78, 5) is 0. The summed E-state index contributed by atoms with van der Waals surface area (Å²) in [5.74, 6) is 0.391. The van der Waals surface area contributed by atoms with Gasteiger partial charge in [0.05, 0.1) is 0 Å². The van der Waals surface area contributed by atoms with Crippen LogP contribution in [0.4, 0.5) is 4.39 Å². The van der Waals surface area contributed by atoms with Gasteiger partial charge >= 0.3 is 0 Å². The van der Waals surface area contributed by atoms with Crippen LogP contribution in [0.3, 0.4) is 0 Å². The molecular weight excluding hydrogens is 225 g/mol. The van der Waals surface area contributed by atoms with Crippen molar-refractivity contribution < 1.29 is 4.39 Å². The van der Waals surface area contributed by atoms with Gasteiger partial charge in [0.15, 0.2) is 0 Å². The highest BCUT2D eigenvalue weighted by atomic mass is 19.1. The lowest BCUT2D eigenvalue weighted by Gasteiger charge is -2.23. The lowest BCUT2D eigenvalue weighted by atomic mass is 9.83. The van der Waals surface area contributed by atoms with Gasteiger partial charge in [-0.25, -0.2) is 4.39 Å². The first-order chi connectivity index (χ1) is 8.46. The summed E-state index contributed by atoms with van der Waals surface area (Å²) in [5, 5.41) is 0. The van der Waals surface area contributed by atoms with Gasteiger partial charge in [0, 0.05) is 5.54 Å². The van der Waals surface area contributed by atoms with Crippen LogP contribution in [0.5, 0.6) is 0 Å². The summed E-state index contributed by atoms with van der Waals surface area (Å²) >= 11 is 0. The predicted molar refractivity (Wildman–Crippen MR) is 74.2 cm³/mol. The van der Waals surface area contributed by atoms with Crippen LogP contribution in [-0.4, -0.2) is 5.54 Å². The van der Waals surface area contributed by atoms with Gasteiger partial charge in [-0.2, -0.15) is 0 Å². The van der Waals surface area contributed by atoms with Crippen molar-refractivity contribution in [1.29, 1.82) is 0 Å². The van der Waals surface area contributed by atoms with E-state index in [1.165, 1.54) is 19.3 Å². The molecule has 18 heavy (non-hydrogen) atoms. The molecule has 0 aromatic heterocycles. The summed E-state index contributed by atoms with van der Waals surface area (Å²) in [5.41, 5.74) is 7.61. The summed E-state index contributed by atoms with van der Waals surface area (Å²) in [6, 6.07) is 5.70. The third-order valence-electron chi connectivity index (χ3n) is 3.77. The van der Waals surface area contributed by atoms with E-state index in [-0.39, 0.29) is 11.4 Å². The Balaban J connectivity index is 2.14. The minimum Gasteiger partial charge on any atom is -0.325 e. The van der Waals surface area contributed by atoms with E-state index in [2.05, 4.69) is 0 Å². The van der Waals surface area contributed by atoms with Crippen LogP contribution in [0.2, 0.25) is 0 Å². The molecule has 0 radical (unpaired) electrons. The Hall–Kier alpha value is -0.890. The van der Waals surface area contributed by atoms with Gasteiger partial charge in [0.25, 0.3) is 0 Å². The Kier molecular flexibility index (Phi) is 4.06. The van der Waals surface area contributed by atoms with E-state index in [0.29, 0.717) is 5.92 Å². The zero-order chi connectivity index (χ0) is 13.2. The summed E-state index contributed by atoms with van der Waals surface area (Å²) in [7, 11) is 0. The molecule has 0 atom stereocenters. The number of halogens is 1. The third-order valence-corrected chi connectivity index (χ3v) is 3.77. The minimum absolute atomic E-state index is 0.0383. The molecule has 2 N–H and O–H groups in total. The second kappa shape index (κ2) is 5.40. The van der Waals surface area contributed by atoms with Gasteiger partial charge in [0.1, 0.15) is 5.82 Å². The molecule has 0 amide bonds. The van der Waals surface area contributed by atoms with Crippen LogP contribution in [0.25, 0.3) is 0 Å². The molecule has 1 nitrogen and oxygen atoms in total. The van der Waals surface area contributed by atoms with Crippen LogP contribution in [0.15, 0.2) is 18.2 Å². The number of rotatable bonds is 3. The van der Waals surface area contributed by atoms with E-state index in [1.54, 1.807) is 6.07 Å². The minimum atomic E-state index is -0.279. The van der Waals surface area contributed by atoms with Gasteiger partial charge < -0.3 is 5.73 Å². The molecule has 2 heteroatoms. The molecule has 0 bridgehead atoms. The largest absolute Gasteiger partial charge is 0.325 e. The second-order valence-corrected chi connectivity index (χ2v) is 6.36. The SMILES string of the molecule is CC(C)(N)Cc1ccc(C2CCCCC2)c(F)c1. The molecule has 0 spiro atoms. The van der Waals surface area contributed by atoms with Gasteiger partial charge in [-0.15, -0.1) is 0 Å². The Morgan fingerprint density at radius 3 is 2.44 bits per heavy atom. The predicted octanol–water partition coefficient (Wildman–Crippen LogP) is 4.15. The van der Waals surface area contributed by atoms with E-state index in [0.717, 1.165) is 30.4 Å². The van der Waals surface area contributed by atoms with E-state index in [9.17, 15) is 4.39 Å². The highest BCUT2D eigenvalue weighted by molar-refractivity contribution is 5.28. The fraction of sp³-hybridized carbons (Fsp3) is 0.625. The molecule has 100 valence electrons. The average Bonchev–Trinajstić information content (AvgIpc) is 2.28. The van der Waals surface area contributed by atoms with Crippen molar-refractivity contribution >= 4 is 0 Å². The van der Waals surface area contributed by atoms with Crippen LogP contribution in [-0.2, 0) is 6.42 Å². The molecule has 1 fully saturated rings. The fourth-order valence-electron chi connectivity index (χ4n) is 2.95. The molecule has 0 aliphatic heterocycles. The monoisotopic (exact) mass is 249 g/mol. The second-order valence-electron chi connectivity index (χ2n) is 6.36. The van der Waals surface area contributed by atoms with Crippen LogP contribution in [0.1, 0.15) is 63.0 Å². The number of benzene rings is 1. The maximum atomic E-state index is 14.2. The molecule has 2 rings (SSSR count). The topological polar surface area (TPSA) is 26.0 Å². The lowest BCUT2D eigenvalue weighted by Crippen LogP contribution is -2.34. The van der Waals surface area contributed by atoms with Crippen molar-refractivity contribution in [3.8, 4) is 0 Å². The zero-order valence-electron chi connectivity index (χ0n) is 11.5. The van der Waals surface area contributed by atoms with E-state index in [1.807, 2.05) is 26.0 Å². The van der Waals surface area contributed by atoms with Gasteiger partial charge in [-0.1, -0.05) is 31.4 Å². The van der Waals surface area contributed by atoms with Crippen molar-refractivity contribution in [1.82, 2.24) is 0 Å². The molecule has 0 saturated heterocycles. The first-order valence-electron chi connectivity index (χ1n) is 7.03. The van der Waals surface area contributed by atoms with Gasteiger partial charge in [-0.05, 0) is 56.2 Å².